The Morgan fingerprint density at radius 2 is 1.60 bits per heavy atom. The largest absolute Gasteiger partial charge is 0.352 e. The van der Waals surface area contributed by atoms with Crippen LogP contribution in [0.2, 0.25) is 0 Å². The number of ether oxygens (including phenoxy) is 2. The van der Waals surface area contributed by atoms with Crippen LogP contribution in [0.4, 0.5) is 13.2 Å². The Labute approximate surface area is 147 Å². The fraction of sp³-hybridized carbons (Fsp3) is 0.600. The predicted molar refractivity (Wildman–Crippen MR) is 89.6 cm³/mol. The molecule has 0 bridgehead atoms. The topological polar surface area (TPSA) is 18.5 Å². The van der Waals surface area contributed by atoms with Crippen LogP contribution >= 0.6 is 0 Å². The highest BCUT2D eigenvalue weighted by atomic mass is 19.2. The monoisotopic (exact) mass is 354 g/mol. The maximum atomic E-state index is 13.4. The molecule has 0 aromatic heterocycles. The number of hydrogen-bond donors (Lipinski definition) is 0. The fourth-order valence-corrected chi connectivity index (χ4v) is 3.83. The molecular weight excluding hydrogens is 329 g/mol. The van der Waals surface area contributed by atoms with Gasteiger partial charge in [-0.15, -0.1) is 0 Å². The maximum absolute atomic E-state index is 13.4. The lowest BCUT2D eigenvalue weighted by molar-refractivity contribution is -0.228. The van der Waals surface area contributed by atoms with E-state index in [4.69, 9.17) is 9.47 Å². The van der Waals surface area contributed by atoms with E-state index in [-0.39, 0.29) is 12.2 Å². The van der Waals surface area contributed by atoms with Crippen molar-refractivity contribution in [3.63, 3.8) is 0 Å². The summed E-state index contributed by atoms with van der Waals surface area (Å²) in [5.41, 5.74) is 0.548. The van der Waals surface area contributed by atoms with E-state index in [9.17, 15) is 13.2 Å². The van der Waals surface area contributed by atoms with E-state index in [0.29, 0.717) is 30.6 Å². The van der Waals surface area contributed by atoms with Crippen molar-refractivity contribution in [3.05, 3.63) is 47.3 Å². The van der Waals surface area contributed by atoms with Crippen LogP contribution in [0.3, 0.4) is 0 Å². The zero-order valence-electron chi connectivity index (χ0n) is 14.5. The minimum absolute atomic E-state index is 0.0619. The van der Waals surface area contributed by atoms with Gasteiger partial charge in [0.15, 0.2) is 23.7 Å². The molecule has 1 saturated carbocycles. The SMILES string of the molecule is CC=CCC1COC(C2CCC(c3cc(F)c(F)c(F)c3)CC2)OC1. The van der Waals surface area contributed by atoms with Crippen LogP contribution < -0.4 is 0 Å². The zero-order chi connectivity index (χ0) is 17.8. The van der Waals surface area contributed by atoms with Crippen molar-refractivity contribution in [2.75, 3.05) is 13.2 Å². The van der Waals surface area contributed by atoms with E-state index >= 15 is 0 Å². The Morgan fingerprint density at radius 1 is 1.00 bits per heavy atom. The highest BCUT2D eigenvalue weighted by Gasteiger charge is 2.33. The number of benzene rings is 1. The summed E-state index contributed by atoms with van der Waals surface area (Å²) in [4.78, 5) is 0. The number of halogens is 3. The molecule has 138 valence electrons. The second-order valence-electron chi connectivity index (χ2n) is 7.12. The highest BCUT2D eigenvalue weighted by Crippen LogP contribution is 2.39. The normalized spacial score (nSPS) is 30.7. The molecule has 1 heterocycles. The van der Waals surface area contributed by atoms with Gasteiger partial charge in [0.1, 0.15) is 0 Å². The lowest BCUT2D eigenvalue weighted by Crippen LogP contribution is -2.38. The van der Waals surface area contributed by atoms with Gasteiger partial charge in [0.25, 0.3) is 0 Å². The molecular formula is C20H25F3O2. The van der Waals surface area contributed by atoms with Crippen molar-refractivity contribution in [1.82, 2.24) is 0 Å². The van der Waals surface area contributed by atoms with E-state index in [1.54, 1.807) is 0 Å². The van der Waals surface area contributed by atoms with Crippen molar-refractivity contribution in [2.24, 2.45) is 11.8 Å². The van der Waals surface area contributed by atoms with Crippen molar-refractivity contribution in [3.8, 4) is 0 Å². The first-order valence-electron chi connectivity index (χ1n) is 9.07. The average molecular weight is 354 g/mol. The van der Waals surface area contributed by atoms with Gasteiger partial charge in [-0.1, -0.05) is 12.2 Å². The zero-order valence-corrected chi connectivity index (χ0v) is 14.5. The van der Waals surface area contributed by atoms with Gasteiger partial charge in [0.05, 0.1) is 13.2 Å². The predicted octanol–water partition coefficient (Wildman–Crippen LogP) is 5.33. The molecule has 25 heavy (non-hydrogen) atoms. The van der Waals surface area contributed by atoms with Crippen LogP contribution in [-0.2, 0) is 9.47 Å². The van der Waals surface area contributed by atoms with Crippen LogP contribution in [0, 0.1) is 29.3 Å². The second kappa shape index (κ2) is 8.37. The van der Waals surface area contributed by atoms with Crippen LogP contribution in [-0.4, -0.2) is 19.5 Å². The first-order valence-corrected chi connectivity index (χ1v) is 9.07. The lowest BCUT2D eigenvalue weighted by atomic mass is 9.78. The first-order chi connectivity index (χ1) is 12.1. The average Bonchev–Trinajstić information content (AvgIpc) is 2.64. The van der Waals surface area contributed by atoms with Gasteiger partial charge in [-0.3, -0.25) is 0 Å². The maximum Gasteiger partial charge on any atom is 0.194 e. The smallest absolute Gasteiger partial charge is 0.194 e. The van der Waals surface area contributed by atoms with Gasteiger partial charge in [-0.25, -0.2) is 13.2 Å². The molecule has 1 aliphatic carbocycles. The molecule has 0 atom stereocenters. The van der Waals surface area contributed by atoms with Gasteiger partial charge in [-0.05, 0) is 62.6 Å². The molecule has 3 rings (SSSR count). The van der Waals surface area contributed by atoms with Crippen molar-refractivity contribution in [1.29, 1.82) is 0 Å². The van der Waals surface area contributed by atoms with Gasteiger partial charge in [0.2, 0.25) is 0 Å². The molecule has 0 unspecified atom stereocenters. The van der Waals surface area contributed by atoms with E-state index in [0.717, 1.165) is 44.2 Å². The Balaban J connectivity index is 1.51. The third-order valence-corrected chi connectivity index (χ3v) is 5.33. The molecule has 0 amide bonds. The Morgan fingerprint density at radius 3 is 2.16 bits per heavy atom. The molecule has 1 saturated heterocycles. The van der Waals surface area contributed by atoms with Crippen LogP contribution in [0.5, 0.6) is 0 Å². The molecule has 1 aromatic carbocycles. The molecule has 2 nitrogen and oxygen atoms in total. The van der Waals surface area contributed by atoms with Gasteiger partial charge in [-0.2, -0.15) is 0 Å². The molecule has 2 aliphatic rings. The molecule has 1 aliphatic heterocycles. The second-order valence-corrected chi connectivity index (χ2v) is 7.12. The molecule has 0 radical (unpaired) electrons. The summed E-state index contributed by atoms with van der Waals surface area (Å²) in [7, 11) is 0. The quantitative estimate of drug-likeness (QED) is 0.537. The van der Waals surface area contributed by atoms with Gasteiger partial charge in [0, 0.05) is 11.8 Å². The Hall–Kier alpha value is -1.33. The van der Waals surface area contributed by atoms with Gasteiger partial charge >= 0.3 is 0 Å². The molecule has 5 heteroatoms. The lowest BCUT2D eigenvalue weighted by Gasteiger charge is -2.37. The summed E-state index contributed by atoms with van der Waals surface area (Å²) in [5, 5.41) is 0. The summed E-state index contributed by atoms with van der Waals surface area (Å²) in [5.74, 6) is -2.82. The Bertz CT molecular complexity index is 578. The summed E-state index contributed by atoms with van der Waals surface area (Å²) < 4.78 is 51.8. The summed E-state index contributed by atoms with van der Waals surface area (Å²) >= 11 is 0. The third-order valence-electron chi connectivity index (χ3n) is 5.33. The molecule has 0 spiro atoms. The molecule has 0 N–H and O–H groups in total. The summed E-state index contributed by atoms with van der Waals surface area (Å²) in [6, 6.07) is 2.26. The summed E-state index contributed by atoms with van der Waals surface area (Å²) in [6.07, 6.45) is 8.34. The summed E-state index contributed by atoms with van der Waals surface area (Å²) in [6.45, 7) is 3.43. The fourth-order valence-electron chi connectivity index (χ4n) is 3.83. The Kier molecular flexibility index (Phi) is 6.18. The highest BCUT2D eigenvalue weighted by molar-refractivity contribution is 5.23. The molecule has 1 aromatic rings. The van der Waals surface area contributed by atoms with E-state index in [2.05, 4.69) is 6.08 Å². The standard InChI is InChI=1S/C20H25F3O2/c1-2-3-4-13-11-24-20(25-12-13)15-7-5-14(6-8-15)16-9-17(21)19(23)18(22)10-16/h2-3,9-10,13-15,20H,4-8,11-12H2,1H3. The van der Waals surface area contributed by atoms with E-state index < -0.39 is 17.5 Å². The first kappa shape index (κ1) is 18.5. The molecule has 2 fully saturated rings. The van der Waals surface area contributed by atoms with E-state index in [1.807, 2.05) is 13.0 Å². The van der Waals surface area contributed by atoms with Crippen LogP contribution in [0.25, 0.3) is 0 Å². The number of rotatable bonds is 4. The minimum atomic E-state index is -1.39. The third kappa shape index (κ3) is 4.45. The van der Waals surface area contributed by atoms with E-state index in [1.165, 1.54) is 0 Å². The van der Waals surface area contributed by atoms with Crippen molar-refractivity contribution in [2.45, 2.75) is 51.2 Å². The van der Waals surface area contributed by atoms with Crippen LogP contribution in [0.1, 0.15) is 50.5 Å². The number of hydrogen-bond acceptors (Lipinski definition) is 2. The van der Waals surface area contributed by atoms with Crippen molar-refractivity contribution < 1.29 is 22.6 Å². The minimum Gasteiger partial charge on any atom is -0.352 e. The van der Waals surface area contributed by atoms with Crippen molar-refractivity contribution >= 4 is 0 Å². The number of allylic oxidation sites excluding steroid dienone is 2. The van der Waals surface area contributed by atoms with Crippen LogP contribution in [0.15, 0.2) is 24.3 Å². The van der Waals surface area contributed by atoms with Gasteiger partial charge < -0.3 is 9.47 Å².